The Morgan fingerprint density at radius 2 is 1.80 bits per heavy atom. The Morgan fingerprint density at radius 3 is 2.50 bits per heavy atom. The highest BCUT2D eigenvalue weighted by atomic mass is 35.5. The molecule has 0 aliphatic heterocycles. The molecule has 2 rings (SSSR count). The zero-order valence-electron chi connectivity index (χ0n) is 12.4. The molecule has 0 heterocycles. The Kier molecular flexibility index (Phi) is 5.22. The minimum absolute atomic E-state index is 0.305. The van der Waals surface area contributed by atoms with E-state index in [2.05, 4.69) is 56.4 Å². The standard InChI is InChI=1S/C18H22ClN/c1-4-20-18(12-15-9-6-5-8-13(15)2)16-10-7-11-17(19)14(16)3/h5-11,18,20H,4,12H2,1-3H3. The van der Waals surface area contributed by atoms with E-state index in [0.717, 1.165) is 18.0 Å². The molecular weight excluding hydrogens is 266 g/mol. The van der Waals surface area contributed by atoms with Crippen molar-refractivity contribution in [3.63, 3.8) is 0 Å². The van der Waals surface area contributed by atoms with E-state index >= 15 is 0 Å². The third-order valence-electron chi connectivity index (χ3n) is 3.82. The Morgan fingerprint density at radius 1 is 1.05 bits per heavy atom. The maximum Gasteiger partial charge on any atom is 0.0438 e. The third kappa shape index (κ3) is 3.41. The van der Waals surface area contributed by atoms with Crippen LogP contribution in [0.15, 0.2) is 42.5 Å². The average Bonchev–Trinajstić information content (AvgIpc) is 2.44. The van der Waals surface area contributed by atoms with Gasteiger partial charge in [-0.25, -0.2) is 0 Å². The van der Waals surface area contributed by atoms with Crippen LogP contribution in [-0.2, 0) is 6.42 Å². The van der Waals surface area contributed by atoms with Crippen LogP contribution >= 0.6 is 11.6 Å². The normalized spacial score (nSPS) is 12.4. The number of halogens is 1. The van der Waals surface area contributed by atoms with Crippen LogP contribution in [0.25, 0.3) is 0 Å². The lowest BCUT2D eigenvalue weighted by Gasteiger charge is -2.22. The summed E-state index contributed by atoms with van der Waals surface area (Å²) in [6, 6.07) is 15.0. The fraction of sp³-hybridized carbons (Fsp3) is 0.333. The van der Waals surface area contributed by atoms with Crippen molar-refractivity contribution in [2.45, 2.75) is 33.2 Å². The van der Waals surface area contributed by atoms with Crippen LogP contribution < -0.4 is 5.32 Å². The van der Waals surface area contributed by atoms with Gasteiger partial charge in [0.05, 0.1) is 0 Å². The minimum atomic E-state index is 0.305. The van der Waals surface area contributed by atoms with Crippen LogP contribution in [0.3, 0.4) is 0 Å². The van der Waals surface area contributed by atoms with E-state index in [-0.39, 0.29) is 0 Å². The second-order valence-electron chi connectivity index (χ2n) is 5.19. The molecule has 0 spiro atoms. The largest absolute Gasteiger partial charge is 0.310 e. The van der Waals surface area contributed by atoms with Crippen LogP contribution in [-0.4, -0.2) is 6.54 Å². The predicted molar refractivity (Wildman–Crippen MR) is 87.5 cm³/mol. The molecule has 0 fully saturated rings. The van der Waals surface area contributed by atoms with Crippen LogP contribution in [0.2, 0.25) is 5.02 Å². The van der Waals surface area contributed by atoms with Gasteiger partial charge in [0.1, 0.15) is 0 Å². The van der Waals surface area contributed by atoms with E-state index < -0.39 is 0 Å². The maximum atomic E-state index is 6.26. The minimum Gasteiger partial charge on any atom is -0.310 e. The number of benzene rings is 2. The molecule has 0 aromatic heterocycles. The summed E-state index contributed by atoms with van der Waals surface area (Å²) in [4.78, 5) is 0. The smallest absolute Gasteiger partial charge is 0.0438 e. The lowest BCUT2D eigenvalue weighted by Crippen LogP contribution is -2.24. The van der Waals surface area contributed by atoms with Gasteiger partial charge in [-0.2, -0.15) is 0 Å². The van der Waals surface area contributed by atoms with Crippen molar-refractivity contribution in [2.24, 2.45) is 0 Å². The van der Waals surface area contributed by atoms with Crippen molar-refractivity contribution in [3.05, 3.63) is 69.7 Å². The van der Waals surface area contributed by atoms with Gasteiger partial charge in [0, 0.05) is 11.1 Å². The summed E-state index contributed by atoms with van der Waals surface area (Å²) in [5.41, 5.74) is 5.20. The van der Waals surface area contributed by atoms with Crippen molar-refractivity contribution in [3.8, 4) is 0 Å². The predicted octanol–water partition coefficient (Wildman–Crippen LogP) is 4.85. The van der Waals surface area contributed by atoms with Gasteiger partial charge in [-0.15, -0.1) is 0 Å². The monoisotopic (exact) mass is 287 g/mol. The van der Waals surface area contributed by atoms with Gasteiger partial charge in [-0.1, -0.05) is 54.9 Å². The van der Waals surface area contributed by atoms with Crippen molar-refractivity contribution in [1.82, 2.24) is 5.32 Å². The highest BCUT2D eigenvalue weighted by molar-refractivity contribution is 6.31. The summed E-state index contributed by atoms with van der Waals surface area (Å²) in [7, 11) is 0. The molecule has 20 heavy (non-hydrogen) atoms. The van der Waals surface area contributed by atoms with Crippen molar-refractivity contribution >= 4 is 11.6 Å². The first-order valence-electron chi connectivity index (χ1n) is 7.16. The molecule has 2 heteroatoms. The number of likely N-dealkylation sites (N-methyl/N-ethyl adjacent to an activating group) is 1. The molecule has 1 nitrogen and oxygen atoms in total. The second-order valence-corrected chi connectivity index (χ2v) is 5.60. The topological polar surface area (TPSA) is 12.0 Å². The van der Waals surface area contributed by atoms with Crippen LogP contribution in [0.1, 0.15) is 35.2 Å². The van der Waals surface area contributed by atoms with E-state index in [1.54, 1.807) is 0 Å². The first kappa shape index (κ1) is 15.1. The highest BCUT2D eigenvalue weighted by Crippen LogP contribution is 2.27. The quantitative estimate of drug-likeness (QED) is 0.829. The molecule has 0 bridgehead atoms. The first-order valence-corrected chi connectivity index (χ1v) is 7.54. The molecule has 0 saturated heterocycles. The molecule has 1 N–H and O–H groups in total. The van der Waals surface area contributed by atoms with Crippen LogP contribution in [0, 0.1) is 13.8 Å². The van der Waals surface area contributed by atoms with Gasteiger partial charge in [-0.3, -0.25) is 0 Å². The fourth-order valence-electron chi connectivity index (χ4n) is 2.60. The molecule has 106 valence electrons. The number of hydrogen-bond donors (Lipinski definition) is 1. The Labute approximate surface area is 127 Å². The van der Waals surface area contributed by atoms with Gasteiger partial charge < -0.3 is 5.32 Å². The Balaban J connectivity index is 2.32. The van der Waals surface area contributed by atoms with Crippen LogP contribution in [0.4, 0.5) is 0 Å². The highest BCUT2D eigenvalue weighted by Gasteiger charge is 2.15. The zero-order valence-corrected chi connectivity index (χ0v) is 13.2. The number of nitrogens with one attached hydrogen (secondary N) is 1. The van der Waals surface area contributed by atoms with Crippen molar-refractivity contribution in [2.75, 3.05) is 6.54 Å². The molecule has 0 aliphatic rings. The maximum absolute atomic E-state index is 6.26. The second kappa shape index (κ2) is 6.92. The molecule has 1 unspecified atom stereocenters. The molecular formula is C18H22ClN. The van der Waals surface area contributed by atoms with Gasteiger partial charge in [0.15, 0.2) is 0 Å². The number of rotatable bonds is 5. The van der Waals surface area contributed by atoms with E-state index in [1.807, 2.05) is 12.1 Å². The lowest BCUT2D eigenvalue weighted by atomic mass is 9.93. The summed E-state index contributed by atoms with van der Waals surface area (Å²) < 4.78 is 0. The summed E-state index contributed by atoms with van der Waals surface area (Å²) >= 11 is 6.26. The van der Waals surface area contributed by atoms with Gasteiger partial charge in [-0.05, 0) is 55.1 Å². The molecule has 0 saturated carbocycles. The molecule has 1 atom stereocenters. The average molecular weight is 288 g/mol. The van der Waals surface area contributed by atoms with E-state index in [9.17, 15) is 0 Å². The number of aryl methyl sites for hydroxylation is 1. The fourth-order valence-corrected chi connectivity index (χ4v) is 2.78. The summed E-state index contributed by atoms with van der Waals surface area (Å²) in [6.45, 7) is 7.36. The van der Waals surface area contributed by atoms with Crippen molar-refractivity contribution < 1.29 is 0 Å². The van der Waals surface area contributed by atoms with Crippen molar-refractivity contribution in [1.29, 1.82) is 0 Å². The molecule has 0 aliphatic carbocycles. The van der Waals surface area contributed by atoms with E-state index in [4.69, 9.17) is 11.6 Å². The Bertz CT molecular complexity index is 577. The molecule has 2 aromatic rings. The van der Waals surface area contributed by atoms with Crippen LogP contribution in [0.5, 0.6) is 0 Å². The molecule has 0 amide bonds. The lowest BCUT2D eigenvalue weighted by molar-refractivity contribution is 0.546. The van der Waals surface area contributed by atoms with E-state index in [0.29, 0.717) is 6.04 Å². The third-order valence-corrected chi connectivity index (χ3v) is 4.23. The van der Waals surface area contributed by atoms with E-state index in [1.165, 1.54) is 22.3 Å². The van der Waals surface area contributed by atoms with Gasteiger partial charge in [0.2, 0.25) is 0 Å². The number of hydrogen-bond acceptors (Lipinski definition) is 1. The Hall–Kier alpha value is -1.31. The summed E-state index contributed by atoms with van der Waals surface area (Å²) in [5.74, 6) is 0. The SMILES string of the molecule is CCNC(Cc1ccccc1C)c1cccc(Cl)c1C. The summed E-state index contributed by atoms with van der Waals surface area (Å²) in [6.07, 6.45) is 0.988. The first-order chi connectivity index (χ1) is 9.63. The molecule has 2 aromatic carbocycles. The van der Waals surface area contributed by atoms with Gasteiger partial charge in [0.25, 0.3) is 0 Å². The summed E-state index contributed by atoms with van der Waals surface area (Å²) in [5, 5.41) is 4.43. The van der Waals surface area contributed by atoms with Gasteiger partial charge >= 0.3 is 0 Å². The zero-order chi connectivity index (χ0) is 14.5. The molecule has 0 radical (unpaired) electrons.